The molecular weight excluding hydrogens is 256 g/mol. The van der Waals surface area contributed by atoms with Crippen molar-refractivity contribution < 1.29 is 8.78 Å². The molecule has 0 saturated heterocycles. The van der Waals surface area contributed by atoms with Gasteiger partial charge >= 0.3 is 0 Å². The Hall–Kier alpha value is -0.960. The first kappa shape index (κ1) is 14.0. The highest BCUT2D eigenvalue weighted by atomic mass is 19.1. The Balaban J connectivity index is 1.63. The molecule has 3 rings (SSSR count). The van der Waals surface area contributed by atoms with Crippen LogP contribution in [0.2, 0.25) is 0 Å². The average molecular weight is 279 g/mol. The lowest BCUT2D eigenvalue weighted by Crippen LogP contribution is -2.31. The van der Waals surface area contributed by atoms with E-state index in [0.717, 1.165) is 24.2 Å². The molecule has 1 N–H and O–H groups in total. The average Bonchev–Trinajstić information content (AvgIpc) is 3.04. The Labute approximate surface area is 119 Å². The van der Waals surface area contributed by atoms with Crippen molar-refractivity contribution in [2.75, 3.05) is 7.05 Å². The minimum absolute atomic E-state index is 0.246. The van der Waals surface area contributed by atoms with E-state index in [-0.39, 0.29) is 17.7 Å². The monoisotopic (exact) mass is 279 g/mol. The fourth-order valence-electron chi connectivity index (χ4n) is 4.30. The van der Waals surface area contributed by atoms with Gasteiger partial charge in [-0.2, -0.15) is 0 Å². The summed E-state index contributed by atoms with van der Waals surface area (Å²) in [7, 11) is 1.93. The molecule has 2 bridgehead atoms. The largest absolute Gasteiger partial charge is 0.317 e. The molecule has 2 aliphatic carbocycles. The van der Waals surface area contributed by atoms with Gasteiger partial charge in [0.15, 0.2) is 0 Å². The molecule has 20 heavy (non-hydrogen) atoms. The first-order chi connectivity index (χ1) is 9.65. The molecule has 4 unspecified atom stereocenters. The predicted molar refractivity (Wildman–Crippen MR) is 76.5 cm³/mol. The van der Waals surface area contributed by atoms with Gasteiger partial charge in [-0.05, 0) is 80.7 Å². The zero-order valence-electron chi connectivity index (χ0n) is 12.0. The van der Waals surface area contributed by atoms with Crippen LogP contribution in [0.15, 0.2) is 18.2 Å². The second kappa shape index (κ2) is 5.80. The van der Waals surface area contributed by atoms with Crippen LogP contribution in [0.1, 0.15) is 37.7 Å². The molecule has 1 aromatic rings. The molecule has 2 fully saturated rings. The van der Waals surface area contributed by atoms with Crippen LogP contribution >= 0.6 is 0 Å². The molecule has 3 heteroatoms. The highest BCUT2D eigenvalue weighted by molar-refractivity contribution is 5.20. The zero-order chi connectivity index (χ0) is 14.1. The van der Waals surface area contributed by atoms with Gasteiger partial charge in [0.2, 0.25) is 0 Å². The van der Waals surface area contributed by atoms with Gasteiger partial charge in [-0.15, -0.1) is 0 Å². The van der Waals surface area contributed by atoms with Crippen molar-refractivity contribution in [1.82, 2.24) is 5.32 Å². The molecule has 0 amide bonds. The van der Waals surface area contributed by atoms with E-state index in [1.54, 1.807) is 0 Å². The number of hydrogen-bond donors (Lipinski definition) is 1. The van der Waals surface area contributed by atoms with Crippen molar-refractivity contribution in [1.29, 1.82) is 0 Å². The van der Waals surface area contributed by atoms with Crippen molar-refractivity contribution in [3.8, 4) is 0 Å². The fourth-order valence-corrected chi connectivity index (χ4v) is 4.30. The first-order valence-corrected chi connectivity index (χ1v) is 7.77. The van der Waals surface area contributed by atoms with E-state index >= 15 is 0 Å². The Kier molecular flexibility index (Phi) is 4.06. The lowest BCUT2D eigenvalue weighted by Gasteiger charge is -2.26. The molecule has 4 atom stereocenters. The quantitative estimate of drug-likeness (QED) is 0.861. The Morgan fingerprint density at radius 2 is 2.10 bits per heavy atom. The van der Waals surface area contributed by atoms with Gasteiger partial charge in [0.1, 0.15) is 11.6 Å². The summed E-state index contributed by atoms with van der Waals surface area (Å²) in [5, 5.41) is 3.29. The van der Waals surface area contributed by atoms with E-state index in [1.807, 2.05) is 7.05 Å². The first-order valence-electron chi connectivity index (χ1n) is 7.77. The number of hydrogen-bond acceptors (Lipinski definition) is 1. The third-order valence-corrected chi connectivity index (χ3v) is 5.35. The van der Waals surface area contributed by atoms with Gasteiger partial charge in [0.05, 0.1) is 0 Å². The maximum atomic E-state index is 13.7. The summed E-state index contributed by atoms with van der Waals surface area (Å²) in [6, 6.07) is 3.99. The van der Waals surface area contributed by atoms with Crippen LogP contribution in [-0.4, -0.2) is 13.1 Å². The van der Waals surface area contributed by atoms with Crippen LogP contribution in [0.3, 0.4) is 0 Å². The number of benzene rings is 1. The minimum atomic E-state index is -0.351. The van der Waals surface area contributed by atoms with Crippen molar-refractivity contribution in [3.63, 3.8) is 0 Å². The van der Waals surface area contributed by atoms with Crippen LogP contribution in [-0.2, 0) is 6.42 Å². The van der Waals surface area contributed by atoms with E-state index in [4.69, 9.17) is 0 Å². The van der Waals surface area contributed by atoms with Crippen molar-refractivity contribution in [2.24, 2.45) is 17.8 Å². The van der Waals surface area contributed by atoms with Crippen LogP contribution in [0.25, 0.3) is 0 Å². The van der Waals surface area contributed by atoms with Crippen molar-refractivity contribution in [3.05, 3.63) is 35.4 Å². The molecule has 0 aliphatic heterocycles. The van der Waals surface area contributed by atoms with Gasteiger partial charge in [-0.3, -0.25) is 0 Å². The summed E-state index contributed by atoms with van der Waals surface area (Å²) >= 11 is 0. The second-order valence-corrected chi connectivity index (χ2v) is 6.60. The molecule has 1 aromatic carbocycles. The molecular formula is C17H23F2N. The molecule has 0 spiro atoms. The van der Waals surface area contributed by atoms with Crippen molar-refractivity contribution >= 4 is 0 Å². The Morgan fingerprint density at radius 3 is 2.75 bits per heavy atom. The molecule has 0 radical (unpaired) electrons. The summed E-state index contributed by atoms with van der Waals surface area (Å²) in [6.07, 6.45) is 7.19. The van der Waals surface area contributed by atoms with Crippen molar-refractivity contribution in [2.45, 2.75) is 44.6 Å². The maximum Gasteiger partial charge on any atom is 0.126 e. The second-order valence-electron chi connectivity index (χ2n) is 6.60. The molecule has 2 saturated carbocycles. The van der Waals surface area contributed by atoms with Gasteiger partial charge < -0.3 is 5.32 Å². The number of fused-ring (bicyclic) bond motifs is 2. The van der Waals surface area contributed by atoms with Crippen LogP contribution < -0.4 is 5.32 Å². The van der Waals surface area contributed by atoms with E-state index < -0.39 is 0 Å². The highest BCUT2D eigenvalue weighted by Crippen LogP contribution is 2.49. The number of nitrogens with one attached hydrogen (secondary N) is 1. The van der Waals surface area contributed by atoms with Gasteiger partial charge in [0, 0.05) is 6.04 Å². The van der Waals surface area contributed by atoms with Crippen LogP contribution in [0, 0.1) is 29.4 Å². The summed E-state index contributed by atoms with van der Waals surface area (Å²) in [4.78, 5) is 0. The number of rotatable bonds is 5. The van der Waals surface area contributed by atoms with Gasteiger partial charge in [-0.25, -0.2) is 8.78 Å². The fraction of sp³-hybridized carbons (Fsp3) is 0.647. The molecule has 0 heterocycles. The summed E-state index contributed by atoms with van der Waals surface area (Å²) in [5.74, 6) is 1.96. The minimum Gasteiger partial charge on any atom is -0.317 e. The van der Waals surface area contributed by atoms with Crippen LogP contribution in [0.4, 0.5) is 8.78 Å². The van der Waals surface area contributed by atoms with E-state index in [2.05, 4.69) is 5.32 Å². The SMILES string of the molecule is CNC(Cc1cc(F)ccc1F)CC1CC2CCC1C2. The van der Waals surface area contributed by atoms with Gasteiger partial charge in [0.25, 0.3) is 0 Å². The number of likely N-dealkylation sites (N-methyl/N-ethyl adjacent to an activating group) is 1. The number of halogens is 2. The molecule has 2 aliphatic rings. The Morgan fingerprint density at radius 1 is 1.25 bits per heavy atom. The lowest BCUT2D eigenvalue weighted by molar-refractivity contribution is 0.281. The highest BCUT2D eigenvalue weighted by Gasteiger charge is 2.39. The smallest absolute Gasteiger partial charge is 0.126 e. The standard InChI is InChI=1S/C17H23F2N/c1-20-16(9-13-7-11-2-3-12(13)6-11)10-14-8-15(18)4-5-17(14)19/h4-5,8,11-13,16,20H,2-3,6-7,9-10H2,1H3. The summed E-state index contributed by atoms with van der Waals surface area (Å²) in [6.45, 7) is 0. The van der Waals surface area contributed by atoms with Gasteiger partial charge in [-0.1, -0.05) is 6.42 Å². The maximum absolute atomic E-state index is 13.7. The lowest BCUT2D eigenvalue weighted by atomic mass is 9.83. The summed E-state index contributed by atoms with van der Waals surface area (Å²) in [5.41, 5.74) is 0.493. The third-order valence-electron chi connectivity index (χ3n) is 5.35. The summed E-state index contributed by atoms with van der Waals surface area (Å²) < 4.78 is 27.0. The topological polar surface area (TPSA) is 12.0 Å². The molecule has 1 nitrogen and oxygen atoms in total. The van der Waals surface area contributed by atoms with Crippen LogP contribution in [0.5, 0.6) is 0 Å². The third kappa shape index (κ3) is 2.88. The predicted octanol–water partition coefficient (Wildman–Crippen LogP) is 3.92. The Bertz CT molecular complexity index is 474. The van der Waals surface area contributed by atoms with E-state index in [1.165, 1.54) is 43.9 Å². The molecule has 110 valence electrons. The normalized spacial score (nSPS) is 29.9. The zero-order valence-corrected chi connectivity index (χ0v) is 12.0. The van der Waals surface area contributed by atoms with E-state index in [0.29, 0.717) is 12.0 Å². The molecule has 0 aromatic heterocycles. The van der Waals surface area contributed by atoms with E-state index in [9.17, 15) is 8.78 Å².